The Morgan fingerprint density at radius 1 is 0.971 bits per heavy atom. The lowest BCUT2D eigenvalue weighted by atomic mass is 9.86. The second-order valence-corrected chi connectivity index (χ2v) is 9.61. The molecule has 1 aliphatic carbocycles. The Kier molecular flexibility index (Phi) is 6.13. The molecular formula is C28H29ClN2O3. The number of hydrogen-bond donors (Lipinski definition) is 0. The molecule has 34 heavy (non-hydrogen) atoms. The van der Waals surface area contributed by atoms with E-state index in [4.69, 9.17) is 21.1 Å². The minimum absolute atomic E-state index is 0.0415. The molecule has 1 aliphatic heterocycles. The van der Waals surface area contributed by atoms with Crippen LogP contribution in [0.15, 0.2) is 60.7 Å². The minimum Gasteiger partial charge on any atom is -0.493 e. The summed E-state index contributed by atoms with van der Waals surface area (Å²) in [6.07, 6.45) is 3.83. The van der Waals surface area contributed by atoms with Crippen LogP contribution in [0.25, 0.3) is 0 Å². The second-order valence-electron chi connectivity index (χ2n) is 9.18. The zero-order valence-electron chi connectivity index (χ0n) is 19.8. The van der Waals surface area contributed by atoms with Crippen LogP contribution in [-0.2, 0) is 11.2 Å². The van der Waals surface area contributed by atoms with Gasteiger partial charge in [-0.05, 0) is 84.5 Å². The Morgan fingerprint density at radius 2 is 1.68 bits per heavy atom. The van der Waals surface area contributed by atoms with Crippen molar-refractivity contribution in [3.8, 4) is 11.5 Å². The molecule has 0 aromatic heterocycles. The highest BCUT2D eigenvalue weighted by Crippen LogP contribution is 2.44. The van der Waals surface area contributed by atoms with Gasteiger partial charge in [0.1, 0.15) is 0 Å². The Bertz CT molecular complexity index is 1190. The summed E-state index contributed by atoms with van der Waals surface area (Å²) < 4.78 is 11.9. The Hall–Kier alpha value is -3.18. The van der Waals surface area contributed by atoms with Crippen molar-refractivity contribution in [1.82, 2.24) is 0 Å². The molecule has 1 fully saturated rings. The second kappa shape index (κ2) is 9.22. The number of rotatable bonds is 6. The fourth-order valence-corrected chi connectivity index (χ4v) is 4.78. The lowest BCUT2D eigenvalue weighted by Gasteiger charge is -2.38. The van der Waals surface area contributed by atoms with Crippen molar-refractivity contribution < 1.29 is 14.3 Å². The van der Waals surface area contributed by atoms with Gasteiger partial charge in [0, 0.05) is 30.5 Å². The Labute approximate surface area is 205 Å². The first-order valence-electron chi connectivity index (χ1n) is 11.7. The highest BCUT2D eigenvalue weighted by molar-refractivity contribution is 6.30. The van der Waals surface area contributed by atoms with Crippen molar-refractivity contribution in [2.24, 2.45) is 0 Å². The molecule has 0 radical (unpaired) electrons. The van der Waals surface area contributed by atoms with Gasteiger partial charge in [-0.1, -0.05) is 23.7 Å². The third-order valence-electron chi connectivity index (χ3n) is 6.76. The zero-order valence-corrected chi connectivity index (χ0v) is 20.5. The normalized spacial score (nSPS) is 17.7. The van der Waals surface area contributed by atoms with E-state index in [2.05, 4.69) is 6.07 Å². The number of nitrogens with zero attached hydrogens (tertiary/aromatic N) is 2. The molecule has 0 spiro atoms. The summed E-state index contributed by atoms with van der Waals surface area (Å²) in [5.74, 6) is 1.46. The molecule has 0 saturated heterocycles. The summed E-state index contributed by atoms with van der Waals surface area (Å²) in [5, 5.41) is 0.664. The maximum absolute atomic E-state index is 13.6. The first kappa shape index (κ1) is 22.6. The van der Waals surface area contributed by atoms with Gasteiger partial charge >= 0.3 is 0 Å². The molecule has 176 valence electrons. The predicted octanol–water partition coefficient (Wildman–Crippen LogP) is 6.02. The van der Waals surface area contributed by atoms with Crippen LogP contribution in [0.5, 0.6) is 11.5 Å². The first-order chi connectivity index (χ1) is 16.4. The molecule has 3 aromatic rings. The van der Waals surface area contributed by atoms with E-state index in [1.165, 1.54) is 6.42 Å². The van der Waals surface area contributed by atoms with Gasteiger partial charge in [0.2, 0.25) is 5.91 Å². The van der Waals surface area contributed by atoms with Gasteiger partial charge in [-0.25, -0.2) is 0 Å². The number of carbonyl (C=O) groups is 1. The number of carbonyl (C=O) groups excluding carboxylic acids is 1. The number of methoxy groups -OCH3 is 1. The van der Waals surface area contributed by atoms with Crippen molar-refractivity contribution in [2.45, 2.75) is 37.8 Å². The number of halogens is 1. The third-order valence-corrected chi connectivity index (χ3v) is 7.02. The third kappa shape index (κ3) is 4.21. The van der Waals surface area contributed by atoms with Crippen molar-refractivity contribution >= 4 is 28.9 Å². The van der Waals surface area contributed by atoms with E-state index in [0.717, 1.165) is 46.7 Å². The molecule has 5 rings (SSSR count). The van der Waals surface area contributed by atoms with Crippen LogP contribution in [0, 0.1) is 0 Å². The molecule has 3 aromatic carbocycles. The maximum atomic E-state index is 13.6. The number of fused-ring (bicyclic) bond motifs is 1. The van der Waals surface area contributed by atoms with E-state index in [0.29, 0.717) is 17.2 Å². The monoisotopic (exact) mass is 476 g/mol. The Balaban J connectivity index is 1.64. The molecule has 0 bridgehead atoms. The quantitative estimate of drug-likeness (QED) is 0.436. The van der Waals surface area contributed by atoms with Crippen molar-refractivity contribution in [1.29, 1.82) is 0 Å². The highest BCUT2D eigenvalue weighted by Gasteiger charge is 2.36. The summed E-state index contributed by atoms with van der Waals surface area (Å²) in [4.78, 5) is 17.5. The molecule has 5 nitrogen and oxygen atoms in total. The van der Waals surface area contributed by atoms with Gasteiger partial charge in [-0.3, -0.25) is 4.79 Å². The summed E-state index contributed by atoms with van der Waals surface area (Å²) >= 11 is 6.20. The SMILES string of the molecule is COc1cc2c(cc1OC1CCC1)C(c1ccc(Cl)cc1)N(c1ccc(N(C)C)cc1)C(=O)C2. The molecule has 1 unspecified atom stereocenters. The number of anilines is 2. The molecule has 1 atom stereocenters. The molecule has 2 aliphatic rings. The van der Waals surface area contributed by atoms with Gasteiger partial charge in [0.05, 0.1) is 25.7 Å². The largest absolute Gasteiger partial charge is 0.493 e. The summed E-state index contributed by atoms with van der Waals surface area (Å²) in [6, 6.07) is 19.6. The van der Waals surface area contributed by atoms with E-state index in [1.54, 1.807) is 7.11 Å². The van der Waals surface area contributed by atoms with Gasteiger partial charge in [-0.2, -0.15) is 0 Å². The van der Waals surface area contributed by atoms with Gasteiger partial charge in [-0.15, -0.1) is 0 Å². The number of ether oxygens (including phenoxy) is 2. The first-order valence-corrected chi connectivity index (χ1v) is 12.0. The van der Waals surface area contributed by atoms with Gasteiger partial charge in [0.25, 0.3) is 0 Å². The summed E-state index contributed by atoms with van der Waals surface area (Å²) in [7, 11) is 5.66. The van der Waals surface area contributed by atoms with E-state index in [1.807, 2.05) is 78.5 Å². The highest BCUT2D eigenvalue weighted by atomic mass is 35.5. The van der Waals surface area contributed by atoms with Crippen LogP contribution in [0.1, 0.15) is 42.0 Å². The van der Waals surface area contributed by atoms with E-state index in [9.17, 15) is 4.79 Å². The Morgan fingerprint density at radius 3 is 2.26 bits per heavy atom. The zero-order chi connectivity index (χ0) is 23.8. The van der Waals surface area contributed by atoms with Crippen LogP contribution in [0.2, 0.25) is 5.02 Å². The van der Waals surface area contributed by atoms with Crippen LogP contribution in [0.3, 0.4) is 0 Å². The van der Waals surface area contributed by atoms with Gasteiger partial charge in [0.15, 0.2) is 11.5 Å². The summed E-state index contributed by atoms with van der Waals surface area (Å²) in [5.41, 5.74) is 4.95. The molecule has 1 heterocycles. The average molecular weight is 477 g/mol. The predicted molar refractivity (Wildman–Crippen MR) is 137 cm³/mol. The van der Waals surface area contributed by atoms with Crippen LogP contribution >= 0.6 is 11.6 Å². The molecule has 1 saturated carbocycles. The standard InChI is InChI=1S/C28H29ClN2O3/c1-30(2)21-11-13-22(14-12-21)31-27(32)16-19-15-25(33-3)26(34-23-5-4-6-23)17-24(19)28(31)18-7-9-20(29)10-8-18/h7-15,17,23,28H,4-6,16H2,1-3H3. The van der Waals surface area contributed by atoms with E-state index in [-0.39, 0.29) is 18.1 Å². The average Bonchev–Trinajstić information content (AvgIpc) is 2.81. The lowest BCUT2D eigenvalue weighted by Crippen LogP contribution is -2.41. The van der Waals surface area contributed by atoms with Crippen LogP contribution < -0.4 is 19.3 Å². The molecule has 6 heteroatoms. The number of hydrogen-bond acceptors (Lipinski definition) is 4. The van der Waals surface area contributed by atoms with E-state index < -0.39 is 0 Å². The van der Waals surface area contributed by atoms with Crippen molar-refractivity contribution in [3.63, 3.8) is 0 Å². The van der Waals surface area contributed by atoms with Crippen molar-refractivity contribution in [2.75, 3.05) is 31.0 Å². The van der Waals surface area contributed by atoms with E-state index >= 15 is 0 Å². The number of benzene rings is 3. The minimum atomic E-state index is -0.298. The molecule has 1 amide bonds. The molecule has 0 N–H and O–H groups in total. The fourth-order valence-electron chi connectivity index (χ4n) is 4.65. The maximum Gasteiger partial charge on any atom is 0.232 e. The van der Waals surface area contributed by atoms with Crippen molar-refractivity contribution in [3.05, 3.63) is 82.4 Å². The lowest BCUT2D eigenvalue weighted by molar-refractivity contribution is -0.118. The number of amides is 1. The fraction of sp³-hybridized carbons (Fsp3) is 0.321. The van der Waals surface area contributed by atoms with Crippen LogP contribution in [0.4, 0.5) is 11.4 Å². The smallest absolute Gasteiger partial charge is 0.232 e. The molecular weight excluding hydrogens is 448 g/mol. The topological polar surface area (TPSA) is 42.0 Å². The summed E-state index contributed by atoms with van der Waals surface area (Å²) in [6.45, 7) is 0. The van der Waals surface area contributed by atoms with Gasteiger partial charge < -0.3 is 19.3 Å². The van der Waals surface area contributed by atoms with Crippen LogP contribution in [-0.4, -0.2) is 33.2 Å².